The molecular weight excluding hydrogens is 255 g/mol. The minimum atomic E-state index is -4.05. The van der Waals surface area contributed by atoms with E-state index in [2.05, 4.69) is 5.32 Å². The Labute approximate surface area is 111 Å². The van der Waals surface area contributed by atoms with Gasteiger partial charge in [0.05, 0.1) is 0 Å². The van der Waals surface area contributed by atoms with E-state index in [0.717, 1.165) is 12.0 Å². The highest BCUT2D eigenvalue weighted by molar-refractivity contribution is 5.27. The molecular formula is C14H20F3NO. The second-order valence-electron chi connectivity index (χ2n) is 4.58. The van der Waals surface area contributed by atoms with Gasteiger partial charge in [0.1, 0.15) is 5.75 Å². The van der Waals surface area contributed by atoms with E-state index in [0.29, 0.717) is 13.0 Å². The number of benzene rings is 1. The maximum Gasteiger partial charge on any atom is 0.389 e. The molecule has 19 heavy (non-hydrogen) atoms. The van der Waals surface area contributed by atoms with Crippen LogP contribution in [0.15, 0.2) is 24.3 Å². The Morgan fingerprint density at radius 2 is 1.79 bits per heavy atom. The summed E-state index contributed by atoms with van der Waals surface area (Å²) in [5, 5.41) is 12.4. The van der Waals surface area contributed by atoms with Gasteiger partial charge in [0.15, 0.2) is 0 Å². The summed E-state index contributed by atoms with van der Waals surface area (Å²) < 4.78 is 35.9. The summed E-state index contributed by atoms with van der Waals surface area (Å²) in [5.74, 6) is 0.212. The lowest BCUT2D eigenvalue weighted by Gasteiger charge is -2.17. The Bertz CT molecular complexity index is 362. The molecule has 0 saturated heterocycles. The van der Waals surface area contributed by atoms with Crippen LogP contribution in [0, 0.1) is 0 Å². The van der Waals surface area contributed by atoms with Crippen molar-refractivity contribution < 1.29 is 18.3 Å². The summed E-state index contributed by atoms with van der Waals surface area (Å²) in [6.07, 6.45) is -3.26. The predicted molar refractivity (Wildman–Crippen MR) is 69.0 cm³/mol. The average molecular weight is 275 g/mol. The molecule has 0 bridgehead atoms. The van der Waals surface area contributed by atoms with E-state index in [1.165, 1.54) is 0 Å². The number of halogens is 3. The van der Waals surface area contributed by atoms with Crippen molar-refractivity contribution in [1.29, 1.82) is 0 Å². The maximum absolute atomic E-state index is 12.0. The van der Waals surface area contributed by atoms with Crippen molar-refractivity contribution in [3.8, 4) is 5.75 Å². The number of rotatable bonds is 7. The Kier molecular flexibility index (Phi) is 6.15. The lowest BCUT2D eigenvalue weighted by molar-refractivity contribution is -0.135. The molecule has 0 amide bonds. The molecule has 2 nitrogen and oxygen atoms in total. The summed E-state index contributed by atoms with van der Waals surface area (Å²) in [6, 6.07) is 7.00. The molecule has 0 spiro atoms. The van der Waals surface area contributed by atoms with E-state index >= 15 is 0 Å². The molecule has 1 aromatic rings. The van der Waals surface area contributed by atoms with Crippen molar-refractivity contribution in [3.63, 3.8) is 0 Å². The first kappa shape index (κ1) is 15.8. The zero-order valence-corrected chi connectivity index (χ0v) is 11.0. The van der Waals surface area contributed by atoms with Crippen LogP contribution in [0.4, 0.5) is 13.2 Å². The SMILES string of the molecule is CCC(NCCCCC(F)(F)F)c1ccc(O)cc1. The molecule has 2 N–H and O–H groups in total. The third-order valence-corrected chi connectivity index (χ3v) is 2.98. The fourth-order valence-corrected chi connectivity index (χ4v) is 1.93. The van der Waals surface area contributed by atoms with Crippen LogP contribution in [0.1, 0.15) is 44.2 Å². The third kappa shape index (κ3) is 6.47. The molecule has 0 radical (unpaired) electrons. The van der Waals surface area contributed by atoms with Gasteiger partial charge in [0.2, 0.25) is 0 Å². The number of hydrogen-bond acceptors (Lipinski definition) is 2. The van der Waals surface area contributed by atoms with E-state index in [1.54, 1.807) is 12.1 Å². The van der Waals surface area contributed by atoms with Crippen molar-refractivity contribution in [1.82, 2.24) is 5.32 Å². The van der Waals surface area contributed by atoms with E-state index < -0.39 is 12.6 Å². The first-order valence-corrected chi connectivity index (χ1v) is 6.51. The zero-order valence-electron chi connectivity index (χ0n) is 11.0. The molecule has 0 fully saturated rings. The number of nitrogens with one attached hydrogen (secondary N) is 1. The topological polar surface area (TPSA) is 32.3 Å². The highest BCUT2D eigenvalue weighted by Crippen LogP contribution is 2.22. The molecule has 0 heterocycles. The number of unbranched alkanes of at least 4 members (excludes halogenated alkanes) is 1. The molecule has 5 heteroatoms. The molecule has 0 aromatic heterocycles. The van der Waals surface area contributed by atoms with Gasteiger partial charge in [0.25, 0.3) is 0 Å². The van der Waals surface area contributed by atoms with Crippen molar-refractivity contribution in [2.75, 3.05) is 6.54 Å². The van der Waals surface area contributed by atoms with Crippen LogP contribution in [-0.2, 0) is 0 Å². The van der Waals surface area contributed by atoms with Gasteiger partial charge in [-0.05, 0) is 43.5 Å². The zero-order chi connectivity index (χ0) is 14.3. The summed E-state index contributed by atoms with van der Waals surface area (Å²) in [6.45, 7) is 2.58. The van der Waals surface area contributed by atoms with Gasteiger partial charge >= 0.3 is 6.18 Å². The van der Waals surface area contributed by atoms with E-state index in [1.807, 2.05) is 19.1 Å². The van der Waals surface area contributed by atoms with Gasteiger partial charge in [-0.25, -0.2) is 0 Å². The minimum Gasteiger partial charge on any atom is -0.508 e. The standard InChI is InChI=1S/C14H20F3NO/c1-2-13(11-5-7-12(19)8-6-11)18-10-4-3-9-14(15,16)17/h5-8,13,18-19H,2-4,9-10H2,1H3. The van der Waals surface area contributed by atoms with Crippen molar-refractivity contribution in [2.24, 2.45) is 0 Å². The highest BCUT2D eigenvalue weighted by Gasteiger charge is 2.25. The largest absolute Gasteiger partial charge is 0.508 e. The number of aromatic hydroxyl groups is 1. The summed E-state index contributed by atoms with van der Waals surface area (Å²) >= 11 is 0. The third-order valence-electron chi connectivity index (χ3n) is 2.98. The Balaban J connectivity index is 2.31. The lowest BCUT2D eigenvalue weighted by Crippen LogP contribution is -2.22. The molecule has 1 unspecified atom stereocenters. The van der Waals surface area contributed by atoms with E-state index in [-0.39, 0.29) is 18.2 Å². The van der Waals surface area contributed by atoms with E-state index in [4.69, 9.17) is 0 Å². The number of phenolic OH excluding ortho intramolecular Hbond substituents is 1. The van der Waals surface area contributed by atoms with Gasteiger partial charge in [-0.2, -0.15) is 13.2 Å². The summed E-state index contributed by atoms with van der Waals surface area (Å²) in [5.41, 5.74) is 1.04. The monoisotopic (exact) mass is 275 g/mol. The average Bonchev–Trinajstić information content (AvgIpc) is 2.34. The van der Waals surface area contributed by atoms with Gasteiger partial charge in [0, 0.05) is 12.5 Å². The summed E-state index contributed by atoms with van der Waals surface area (Å²) in [4.78, 5) is 0. The molecule has 0 aliphatic rings. The maximum atomic E-state index is 12.0. The molecule has 0 saturated carbocycles. The van der Waals surface area contributed by atoms with Crippen LogP contribution in [0.5, 0.6) is 5.75 Å². The molecule has 0 aliphatic heterocycles. The number of alkyl halides is 3. The van der Waals surface area contributed by atoms with Crippen molar-refractivity contribution in [3.05, 3.63) is 29.8 Å². The van der Waals surface area contributed by atoms with Crippen LogP contribution in [-0.4, -0.2) is 17.8 Å². The smallest absolute Gasteiger partial charge is 0.389 e. The van der Waals surface area contributed by atoms with Crippen molar-refractivity contribution in [2.45, 2.75) is 44.8 Å². The number of phenols is 1. The van der Waals surface area contributed by atoms with Gasteiger partial charge in [-0.15, -0.1) is 0 Å². The Hall–Kier alpha value is -1.23. The van der Waals surface area contributed by atoms with Crippen LogP contribution in [0.3, 0.4) is 0 Å². The molecule has 108 valence electrons. The Morgan fingerprint density at radius 1 is 1.16 bits per heavy atom. The van der Waals surface area contributed by atoms with Gasteiger partial charge < -0.3 is 10.4 Å². The lowest BCUT2D eigenvalue weighted by atomic mass is 10.0. The molecule has 0 aliphatic carbocycles. The molecule has 1 atom stereocenters. The quantitative estimate of drug-likeness (QED) is 0.732. The van der Waals surface area contributed by atoms with Crippen LogP contribution in [0.25, 0.3) is 0 Å². The number of hydrogen-bond donors (Lipinski definition) is 2. The van der Waals surface area contributed by atoms with Crippen LogP contribution < -0.4 is 5.32 Å². The van der Waals surface area contributed by atoms with Gasteiger partial charge in [-0.1, -0.05) is 19.1 Å². The fourth-order valence-electron chi connectivity index (χ4n) is 1.93. The second-order valence-corrected chi connectivity index (χ2v) is 4.58. The second kappa shape index (κ2) is 7.38. The van der Waals surface area contributed by atoms with E-state index in [9.17, 15) is 18.3 Å². The first-order chi connectivity index (χ1) is 8.92. The Morgan fingerprint density at radius 3 is 2.32 bits per heavy atom. The van der Waals surface area contributed by atoms with Crippen LogP contribution in [0.2, 0.25) is 0 Å². The normalized spacial score (nSPS) is 13.5. The minimum absolute atomic E-state index is 0.117. The van der Waals surface area contributed by atoms with Crippen LogP contribution >= 0.6 is 0 Å². The van der Waals surface area contributed by atoms with Crippen molar-refractivity contribution >= 4 is 0 Å². The highest BCUT2D eigenvalue weighted by atomic mass is 19.4. The predicted octanol–water partition coefficient (Wildman–Crippen LogP) is 4.17. The summed E-state index contributed by atoms with van der Waals surface area (Å²) in [7, 11) is 0. The first-order valence-electron chi connectivity index (χ1n) is 6.51. The van der Waals surface area contributed by atoms with Gasteiger partial charge in [-0.3, -0.25) is 0 Å². The molecule has 1 rings (SSSR count). The fraction of sp³-hybridized carbons (Fsp3) is 0.571. The molecule has 1 aromatic carbocycles.